The SMILES string of the molecule is CC(C)(C)OC(=O)NCCc1nc2ccccc2[nH]1. The summed E-state index contributed by atoms with van der Waals surface area (Å²) >= 11 is 0. The van der Waals surface area contributed by atoms with Crippen molar-refractivity contribution < 1.29 is 9.53 Å². The minimum Gasteiger partial charge on any atom is -0.444 e. The predicted molar refractivity (Wildman–Crippen MR) is 74.0 cm³/mol. The molecule has 0 radical (unpaired) electrons. The van der Waals surface area contributed by atoms with E-state index in [1.165, 1.54) is 0 Å². The second kappa shape index (κ2) is 5.30. The summed E-state index contributed by atoms with van der Waals surface area (Å²) in [5.74, 6) is 0.859. The molecule has 2 N–H and O–H groups in total. The van der Waals surface area contributed by atoms with Gasteiger partial charge < -0.3 is 15.0 Å². The van der Waals surface area contributed by atoms with Gasteiger partial charge in [-0.15, -0.1) is 0 Å². The maximum Gasteiger partial charge on any atom is 0.407 e. The molecule has 0 aliphatic rings. The first-order chi connectivity index (χ1) is 8.94. The van der Waals surface area contributed by atoms with Crippen molar-refractivity contribution in [3.63, 3.8) is 0 Å². The van der Waals surface area contributed by atoms with Crippen LogP contribution in [0.4, 0.5) is 4.79 Å². The largest absolute Gasteiger partial charge is 0.444 e. The number of amides is 1. The predicted octanol–water partition coefficient (Wildman–Crippen LogP) is 2.63. The molecule has 1 aromatic carbocycles. The summed E-state index contributed by atoms with van der Waals surface area (Å²) in [4.78, 5) is 19.1. The summed E-state index contributed by atoms with van der Waals surface area (Å²) < 4.78 is 5.15. The zero-order chi connectivity index (χ0) is 13.9. The zero-order valence-corrected chi connectivity index (χ0v) is 11.5. The van der Waals surface area contributed by atoms with Gasteiger partial charge in [0, 0.05) is 13.0 Å². The number of fused-ring (bicyclic) bond motifs is 1. The molecule has 1 heterocycles. The zero-order valence-electron chi connectivity index (χ0n) is 11.5. The van der Waals surface area contributed by atoms with Crippen LogP contribution in [0.2, 0.25) is 0 Å². The van der Waals surface area contributed by atoms with Crippen molar-refractivity contribution in [3.05, 3.63) is 30.1 Å². The fraction of sp³-hybridized carbons (Fsp3) is 0.429. The fourth-order valence-corrected chi connectivity index (χ4v) is 1.72. The number of benzene rings is 1. The molecule has 0 aliphatic heterocycles. The van der Waals surface area contributed by atoms with Crippen LogP contribution in [0.15, 0.2) is 24.3 Å². The summed E-state index contributed by atoms with van der Waals surface area (Å²) in [5.41, 5.74) is 1.48. The molecule has 0 saturated carbocycles. The Morgan fingerprint density at radius 1 is 1.37 bits per heavy atom. The number of para-hydroxylation sites is 2. The first-order valence-corrected chi connectivity index (χ1v) is 6.34. The third-order valence-corrected chi connectivity index (χ3v) is 2.47. The molecule has 102 valence electrons. The number of hydrogen-bond donors (Lipinski definition) is 2. The lowest BCUT2D eigenvalue weighted by Gasteiger charge is -2.19. The smallest absolute Gasteiger partial charge is 0.407 e. The van der Waals surface area contributed by atoms with E-state index in [0.29, 0.717) is 13.0 Å². The van der Waals surface area contributed by atoms with E-state index in [1.807, 2.05) is 45.0 Å². The molecule has 19 heavy (non-hydrogen) atoms. The van der Waals surface area contributed by atoms with Crippen molar-refractivity contribution in [2.75, 3.05) is 6.54 Å². The average molecular weight is 261 g/mol. The number of carbonyl (C=O) groups excluding carboxylic acids is 1. The molecule has 0 saturated heterocycles. The van der Waals surface area contributed by atoms with Gasteiger partial charge in [-0.1, -0.05) is 12.1 Å². The molecule has 1 aromatic heterocycles. The van der Waals surface area contributed by atoms with Crippen LogP contribution in [-0.2, 0) is 11.2 Å². The molecule has 0 spiro atoms. The Bertz CT molecular complexity index is 536. The number of carbonyl (C=O) groups is 1. The van der Waals surface area contributed by atoms with E-state index in [2.05, 4.69) is 15.3 Å². The van der Waals surface area contributed by atoms with Gasteiger partial charge in [-0.3, -0.25) is 0 Å². The van der Waals surface area contributed by atoms with Crippen LogP contribution in [0, 0.1) is 0 Å². The van der Waals surface area contributed by atoms with Crippen molar-refractivity contribution >= 4 is 17.1 Å². The third-order valence-electron chi connectivity index (χ3n) is 2.47. The van der Waals surface area contributed by atoms with Gasteiger partial charge in [-0.2, -0.15) is 0 Å². The quantitative estimate of drug-likeness (QED) is 0.892. The topological polar surface area (TPSA) is 67.0 Å². The Kier molecular flexibility index (Phi) is 3.74. The van der Waals surface area contributed by atoms with Gasteiger partial charge in [0.1, 0.15) is 11.4 Å². The monoisotopic (exact) mass is 261 g/mol. The summed E-state index contributed by atoms with van der Waals surface area (Å²) in [7, 11) is 0. The maximum atomic E-state index is 11.5. The summed E-state index contributed by atoms with van der Waals surface area (Å²) in [6.07, 6.45) is 0.247. The van der Waals surface area contributed by atoms with E-state index in [-0.39, 0.29) is 0 Å². The Morgan fingerprint density at radius 2 is 2.11 bits per heavy atom. The minimum absolute atomic E-state index is 0.399. The summed E-state index contributed by atoms with van der Waals surface area (Å²) in [5, 5.41) is 2.71. The number of H-pyrrole nitrogens is 1. The van der Waals surface area contributed by atoms with Crippen molar-refractivity contribution in [2.24, 2.45) is 0 Å². The number of ether oxygens (including phenoxy) is 1. The Labute approximate surface area is 112 Å². The highest BCUT2D eigenvalue weighted by molar-refractivity contribution is 5.74. The standard InChI is InChI=1S/C14H19N3O2/c1-14(2,3)19-13(18)15-9-8-12-16-10-6-4-5-7-11(10)17-12/h4-7H,8-9H2,1-3H3,(H,15,18)(H,16,17). The molecule has 5 heteroatoms. The second-order valence-electron chi connectivity index (χ2n) is 5.38. The number of alkyl carbamates (subject to hydrolysis) is 1. The number of imidazole rings is 1. The number of aromatic nitrogens is 2. The number of rotatable bonds is 3. The van der Waals surface area contributed by atoms with Gasteiger partial charge in [0.25, 0.3) is 0 Å². The molecule has 0 unspecified atom stereocenters. The highest BCUT2D eigenvalue weighted by atomic mass is 16.6. The van der Waals surface area contributed by atoms with Crippen LogP contribution in [0.25, 0.3) is 11.0 Å². The Hall–Kier alpha value is -2.04. The molecule has 1 amide bonds. The summed E-state index contributed by atoms with van der Waals surface area (Å²) in [6, 6.07) is 7.85. The van der Waals surface area contributed by atoms with E-state index >= 15 is 0 Å². The van der Waals surface area contributed by atoms with E-state index < -0.39 is 11.7 Å². The molecule has 0 atom stereocenters. The van der Waals surface area contributed by atoms with Gasteiger partial charge in [0.05, 0.1) is 11.0 Å². The van der Waals surface area contributed by atoms with Gasteiger partial charge in [0.2, 0.25) is 0 Å². The number of aromatic amines is 1. The Morgan fingerprint density at radius 3 is 2.79 bits per heavy atom. The lowest BCUT2D eigenvalue weighted by atomic mass is 10.2. The van der Waals surface area contributed by atoms with Crippen LogP contribution in [-0.4, -0.2) is 28.2 Å². The van der Waals surface area contributed by atoms with E-state index in [1.54, 1.807) is 0 Å². The van der Waals surface area contributed by atoms with Crippen LogP contribution in [0.5, 0.6) is 0 Å². The first kappa shape index (κ1) is 13.4. The molecule has 0 aliphatic carbocycles. The molecular weight excluding hydrogens is 242 g/mol. The molecular formula is C14H19N3O2. The van der Waals surface area contributed by atoms with Crippen LogP contribution >= 0.6 is 0 Å². The Balaban J connectivity index is 1.84. The number of hydrogen-bond acceptors (Lipinski definition) is 3. The maximum absolute atomic E-state index is 11.5. The third kappa shape index (κ3) is 3.98. The van der Waals surface area contributed by atoms with Crippen molar-refractivity contribution in [2.45, 2.75) is 32.8 Å². The van der Waals surface area contributed by atoms with E-state index in [4.69, 9.17) is 4.74 Å². The normalized spacial score (nSPS) is 11.5. The molecule has 2 aromatic rings. The molecule has 0 bridgehead atoms. The lowest BCUT2D eigenvalue weighted by Crippen LogP contribution is -2.33. The molecule has 5 nitrogen and oxygen atoms in total. The van der Waals surface area contributed by atoms with E-state index in [9.17, 15) is 4.79 Å². The van der Waals surface area contributed by atoms with Crippen LogP contribution < -0.4 is 5.32 Å². The molecule has 2 rings (SSSR count). The second-order valence-corrected chi connectivity index (χ2v) is 5.38. The van der Waals surface area contributed by atoms with Gasteiger partial charge in [0.15, 0.2) is 0 Å². The van der Waals surface area contributed by atoms with Crippen LogP contribution in [0.3, 0.4) is 0 Å². The molecule has 0 fully saturated rings. The van der Waals surface area contributed by atoms with Crippen molar-refractivity contribution in [1.29, 1.82) is 0 Å². The summed E-state index contributed by atoms with van der Waals surface area (Å²) in [6.45, 7) is 6.01. The van der Waals surface area contributed by atoms with Crippen molar-refractivity contribution in [1.82, 2.24) is 15.3 Å². The highest BCUT2D eigenvalue weighted by Crippen LogP contribution is 2.10. The minimum atomic E-state index is -0.469. The van der Waals surface area contributed by atoms with Gasteiger partial charge >= 0.3 is 6.09 Å². The lowest BCUT2D eigenvalue weighted by molar-refractivity contribution is 0.0528. The van der Waals surface area contributed by atoms with Gasteiger partial charge in [-0.05, 0) is 32.9 Å². The van der Waals surface area contributed by atoms with Crippen molar-refractivity contribution in [3.8, 4) is 0 Å². The first-order valence-electron chi connectivity index (χ1n) is 6.34. The fourth-order valence-electron chi connectivity index (χ4n) is 1.72. The van der Waals surface area contributed by atoms with Crippen LogP contribution in [0.1, 0.15) is 26.6 Å². The number of nitrogens with one attached hydrogen (secondary N) is 2. The van der Waals surface area contributed by atoms with E-state index in [0.717, 1.165) is 16.9 Å². The van der Waals surface area contributed by atoms with Gasteiger partial charge in [-0.25, -0.2) is 9.78 Å². The highest BCUT2D eigenvalue weighted by Gasteiger charge is 2.15. The average Bonchev–Trinajstić information content (AvgIpc) is 2.68. The number of nitrogens with zero attached hydrogens (tertiary/aromatic N) is 1.